The number of nitrogens with zero attached hydrogens (tertiary/aromatic N) is 2. The Bertz CT molecular complexity index is 650. The van der Waals surface area contributed by atoms with Gasteiger partial charge in [0.25, 0.3) is 0 Å². The predicted octanol–water partition coefficient (Wildman–Crippen LogP) is 2.20. The zero-order chi connectivity index (χ0) is 17.6. The largest absolute Gasteiger partial charge is 0.340 e. The summed E-state index contributed by atoms with van der Waals surface area (Å²) in [7, 11) is -3.16. The Hall–Kier alpha value is -1.40. The van der Waals surface area contributed by atoms with Crippen LogP contribution in [0.5, 0.6) is 0 Å². The maximum Gasteiger partial charge on any atom is 0.222 e. The Labute approximate surface area is 145 Å². The molecule has 1 aromatic carbocycles. The third kappa shape index (κ3) is 5.05. The molecule has 0 radical (unpaired) electrons. The van der Waals surface area contributed by atoms with Gasteiger partial charge < -0.3 is 4.90 Å². The lowest BCUT2D eigenvalue weighted by Crippen LogP contribution is -2.51. The monoisotopic (exact) mass is 352 g/mol. The highest BCUT2D eigenvalue weighted by Crippen LogP contribution is 2.13. The van der Waals surface area contributed by atoms with Crippen molar-refractivity contribution in [1.29, 1.82) is 0 Å². The molecule has 6 heteroatoms. The average Bonchev–Trinajstić information content (AvgIpc) is 2.59. The van der Waals surface area contributed by atoms with Gasteiger partial charge in [-0.25, -0.2) is 8.42 Å². The molecular formula is C18H28N2O3S. The SMILES string of the molecule is CCCCS(=O)(=O)N1CCN(C(=O)CCc2ccccc2C)CC1. The lowest BCUT2D eigenvalue weighted by molar-refractivity contribution is -0.132. The van der Waals surface area contributed by atoms with Crippen LogP contribution < -0.4 is 0 Å². The molecule has 134 valence electrons. The molecule has 0 aliphatic carbocycles. The van der Waals surface area contributed by atoms with E-state index in [4.69, 9.17) is 0 Å². The molecule has 0 aromatic heterocycles. The third-order valence-corrected chi connectivity index (χ3v) is 6.57. The number of hydrogen-bond acceptors (Lipinski definition) is 3. The predicted molar refractivity (Wildman–Crippen MR) is 96.3 cm³/mol. The fourth-order valence-electron chi connectivity index (χ4n) is 2.96. The van der Waals surface area contributed by atoms with Gasteiger partial charge in [0.05, 0.1) is 5.75 Å². The Morgan fingerprint density at radius 2 is 1.79 bits per heavy atom. The van der Waals surface area contributed by atoms with Crippen molar-refractivity contribution in [3.63, 3.8) is 0 Å². The van der Waals surface area contributed by atoms with E-state index in [1.807, 2.05) is 19.1 Å². The number of sulfonamides is 1. The van der Waals surface area contributed by atoms with Crippen molar-refractivity contribution >= 4 is 15.9 Å². The lowest BCUT2D eigenvalue weighted by Gasteiger charge is -2.34. The van der Waals surface area contributed by atoms with Crippen LogP contribution in [0.2, 0.25) is 0 Å². The van der Waals surface area contributed by atoms with Crippen LogP contribution in [0.15, 0.2) is 24.3 Å². The van der Waals surface area contributed by atoms with E-state index >= 15 is 0 Å². The van der Waals surface area contributed by atoms with Crippen LogP contribution in [0, 0.1) is 6.92 Å². The summed E-state index contributed by atoms with van der Waals surface area (Å²) in [6.07, 6.45) is 2.78. The van der Waals surface area contributed by atoms with Crippen molar-refractivity contribution in [3.05, 3.63) is 35.4 Å². The topological polar surface area (TPSA) is 57.7 Å². The molecule has 0 unspecified atom stereocenters. The first-order chi connectivity index (χ1) is 11.4. The van der Waals surface area contributed by atoms with Gasteiger partial charge in [-0.2, -0.15) is 4.31 Å². The Morgan fingerprint density at radius 1 is 1.12 bits per heavy atom. The number of piperazine rings is 1. The number of carbonyl (C=O) groups is 1. The van der Waals surface area contributed by atoms with Gasteiger partial charge in [-0.1, -0.05) is 37.6 Å². The average molecular weight is 353 g/mol. The summed E-state index contributed by atoms with van der Waals surface area (Å²) in [6.45, 7) is 5.88. The van der Waals surface area contributed by atoms with Gasteiger partial charge in [-0.05, 0) is 30.9 Å². The van der Waals surface area contributed by atoms with E-state index < -0.39 is 10.0 Å². The van der Waals surface area contributed by atoms with Gasteiger partial charge in [0.2, 0.25) is 15.9 Å². The first kappa shape index (κ1) is 18.9. The van der Waals surface area contributed by atoms with Crippen molar-refractivity contribution < 1.29 is 13.2 Å². The van der Waals surface area contributed by atoms with E-state index in [1.54, 1.807) is 4.90 Å². The van der Waals surface area contributed by atoms with E-state index in [-0.39, 0.29) is 11.7 Å². The minimum absolute atomic E-state index is 0.115. The van der Waals surface area contributed by atoms with Crippen LogP contribution in [-0.4, -0.2) is 55.5 Å². The number of hydrogen-bond donors (Lipinski definition) is 0. The minimum atomic E-state index is -3.16. The van der Waals surface area contributed by atoms with Crippen LogP contribution in [0.1, 0.15) is 37.3 Å². The van der Waals surface area contributed by atoms with Crippen molar-refractivity contribution in [2.24, 2.45) is 0 Å². The zero-order valence-corrected chi connectivity index (χ0v) is 15.5. The van der Waals surface area contributed by atoms with E-state index in [9.17, 15) is 13.2 Å². The second-order valence-corrected chi connectivity index (χ2v) is 8.46. The number of aryl methyl sites for hydroxylation is 2. The van der Waals surface area contributed by atoms with Gasteiger partial charge in [0, 0.05) is 32.6 Å². The summed E-state index contributed by atoms with van der Waals surface area (Å²) in [6, 6.07) is 8.10. The molecule has 1 aliphatic rings. The second kappa shape index (κ2) is 8.62. The van der Waals surface area contributed by atoms with Crippen LogP contribution in [0.25, 0.3) is 0 Å². The Balaban J connectivity index is 1.81. The van der Waals surface area contributed by atoms with Crippen molar-refractivity contribution in [1.82, 2.24) is 9.21 Å². The highest BCUT2D eigenvalue weighted by molar-refractivity contribution is 7.89. The van der Waals surface area contributed by atoms with E-state index in [2.05, 4.69) is 19.1 Å². The molecule has 2 rings (SSSR count). The molecule has 1 aliphatic heterocycles. The Morgan fingerprint density at radius 3 is 2.42 bits per heavy atom. The molecule has 1 aromatic rings. The maximum atomic E-state index is 12.4. The van der Waals surface area contributed by atoms with Crippen molar-refractivity contribution in [3.8, 4) is 0 Å². The fraction of sp³-hybridized carbons (Fsp3) is 0.611. The van der Waals surface area contributed by atoms with Crippen LogP contribution >= 0.6 is 0 Å². The van der Waals surface area contributed by atoms with Crippen LogP contribution in [-0.2, 0) is 21.2 Å². The molecule has 1 amide bonds. The molecule has 5 nitrogen and oxygen atoms in total. The Kier molecular flexibility index (Phi) is 6.80. The van der Waals surface area contributed by atoms with E-state index in [0.717, 1.165) is 12.8 Å². The van der Waals surface area contributed by atoms with E-state index in [1.165, 1.54) is 15.4 Å². The fourth-order valence-corrected chi connectivity index (χ4v) is 4.59. The van der Waals surface area contributed by atoms with E-state index in [0.29, 0.717) is 39.0 Å². The number of unbranched alkanes of at least 4 members (excludes halogenated alkanes) is 1. The summed E-state index contributed by atoms with van der Waals surface area (Å²) >= 11 is 0. The highest BCUT2D eigenvalue weighted by atomic mass is 32.2. The standard InChI is InChI=1S/C18H28N2O3S/c1-3-4-15-24(22,23)20-13-11-19(12-14-20)18(21)10-9-17-8-6-5-7-16(17)2/h5-8H,3-4,9-15H2,1-2H3. The number of carbonyl (C=O) groups excluding carboxylic acids is 1. The summed E-state index contributed by atoms with van der Waals surface area (Å²) in [4.78, 5) is 14.2. The number of benzene rings is 1. The molecule has 0 bridgehead atoms. The molecule has 1 saturated heterocycles. The summed E-state index contributed by atoms with van der Waals surface area (Å²) in [5.41, 5.74) is 2.41. The molecule has 1 fully saturated rings. The first-order valence-corrected chi connectivity index (χ1v) is 10.3. The number of rotatable bonds is 7. The first-order valence-electron chi connectivity index (χ1n) is 8.74. The molecule has 0 atom stereocenters. The van der Waals surface area contributed by atoms with Crippen molar-refractivity contribution in [2.75, 3.05) is 31.9 Å². The molecule has 1 heterocycles. The summed E-state index contributed by atoms with van der Waals surface area (Å²) in [5, 5.41) is 0. The lowest BCUT2D eigenvalue weighted by atomic mass is 10.0. The normalized spacial score (nSPS) is 16.3. The molecule has 0 saturated carbocycles. The van der Waals surface area contributed by atoms with Crippen LogP contribution in [0.4, 0.5) is 0 Å². The molecule has 24 heavy (non-hydrogen) atoms. The molecule has 0 N–H and O–H groups in total. The maximum absolute atomic E-state index is 12.4. The minimum Gasteiger partial charge on any atom is -0.340 e. The van der Waals surface area contributed by atoms with Gasteiger partial charge in [0.15, 0.2) is 0 Å². The third-order valence-electron chi connectivity index (χ3n) is 4.61. The molecule has 0 spiro atoms. The van der Waals surface area contributed by atoms with Crippen LogP contribution in [0.3, 0.4) is 0 Å². The van der Waals surface area contributed by atoms with Crippen molar-refractivity contribution in [2.45, 2.75) is 39.5 Å². The zero-order valence-electron chi connectivity index (χ0n) is 14.7. The number of amides is 1. The highest BCUT2D eigenvalue weighted by Gasteiger charge is 2.28. The smallest absolute Gasteiger partial charge is 0.222 e. The second-order valence-electron chi connectivity index (χ2n) is 6.38. The van der Waals surface area contributed by atoms with Gasteiger partial charge in [-0.3, -0.25) is 4.79 Å². The summed E-state index contributed by atoms with van der Waals surface area (Å²) in [5.74, 6) is 0.328. The summed E-state index contributed by atoms with van der Waals surface area (Å²) < 4.78 is 25.9. The quantitative estimate of drug-likeness (QED) is 0.756. The van der Waals surface area contributed by atoms with Gasteiger partial charge in [-0.15, -0.1) is 0 Å². The van der Waals surface area contributed by atoms with Gasteiger partial charge >= 0.3 is 0 Å². The molecular weight excluding hydrogens is 324 g/mol. The van der Waals surface area contributed by atoms with Gasteiger partial charge in [0.1, 0.15) is 0 Å².